The van der Waals surface area contributed by atoms with Crippen LogP contribution in [0.1, 0.15) is 10.4 Å². The Hall–Kier alpha value is -1.81. The van der Waals surface area contributed by atoms with Crippen molar-refractivity contribution < 1.29 is 14.3 Å². The first-order valence-corrected chi connectivity index (χ1v) is 4.96. The lowest BCUT2D eigenvalue weighted by Crippen LogP contribution is -2.12. The van der Waals surface area contributed by atoms with Crippen molar-refractivity contribution >= 4 is 11.7 Å². The summed E-state index contributed by atoms with van der Waals surface area (Å²) in [5.74, 6) is -0.430. The van der Waals surface area contributed by atoms with E-state index in [1.807, 2.05) is 0 Å². The van der Waals surface area contributed by atoms with Gasteiger partial charge in [-0.1, -0.05) is 18.2 Å². The smallest absolute Gasteiger partial charge is 0.340 e. The van der Waals surface area contributed by atoms with Crippen LogP contribution in [-0.4, -0.2) is 25.8 Å². The van der Waals surface area contributed by atoms with Crippen LogP contribution in [0.25, 0.3) is 0 Å². The molecule has 0 radical (unpaired) electrons. The second-order valence-electron chi connectivity index (χ2n) is 3.09. The second-order valence-corrected chi connectivity index (χ2v) is 3.09. The molecule has 0 aliphatic heterocycles. The first-order chi connectivity index (χ1) is 7.75. The van der Waals surface area contributed by atoms with Gasteiger partial charge in [0.25, 0.3) is 0 Å². The van der Waals surface area contributed by atoms with Gasteiger partial charge in [-0.05, 0) is 12.1 Å². The van der Waals surface area contributed by atoms with E-state index in [9.17, 15) is 4.79 Å². The Labute approximate surface area is 94.7 Å². The van der Waals surface area contributed by atoms with E-state index in [-0.39, 0.29) is 6.61 Å². The monoisotopic (exact) mass is 221 g/mol. The first-order valence-electron chi connectivity index (χ1n) is 4.96. The fourth-order valence-corrected chi connectivity index (χ4v) is 1.12. The molecule has 1 aromatic carbocycles. The lowest BCUT2D eigenvalue weighted by molar-refractivity contribution is 0.0355. The molecule has 4 heteroatoms. The molecule has 0 bridgehead atoms. The lowest BCUT2D eigenvalue weighted by atomic mass is 10.2. The second kappa shape index (κ2) is 6.63. The molecule has 0 aromatic heterocycles. The Morgan fingerprint density at radius 2 is 2.12 bits per heavy atom. The Kier molecular flexibility index (Phi) is 5.08. The zero-order valence-corrected chi connectivity index (χ0v) is 9.02. The number of hydrogen-bond acceptors (Lipinski definition) is 4. The standard InChI is InChI=1S/C12H15NO3/c1-2-7-15-8-9-16-12(14)10-5-3-4-6-11(10)13/h2-6H,1,7-9,13H2. The van der Waals surface area contributed by atoms with Crippen LogP contribution >= 0.6 is 0 Å². The van der Waals surface area contributed by atoms with Gasteiger partial charge < -0.3 is 15.2 Å². The normalized spacial score (nSPS) is 9.75. The van der Waals surface area contributed by atoms with Gasteiger partial charge >= 0.3 is 5.97 Å². The fraction of sp³-hybridized carbons (Fsp3) is 0.250. The number of anilines is 1. The van der Waals surface area contributed by atoms with Crippen molar-refractivity contribution in [3.63, 3.8) is 0 Å². The molecule has 0 spiro atoms. The number of carbonyl (C=O) groups excluding carboxylic acids is 1. The number of esters is 1. The molecule has 0 saturated carbocycles. The Morgan fingerprint density at radius 1 is 1.38 bits per heavy atom. The summed E-state index contributed by atoms with van der Waals surface area (Å²) in [4.78, 5) is 11.5. The molecule has 86 valence electrons. The van der Waals surface area contributed by atoms with Gasteiger partial charge in [-0.2, -0.15) is 0 Å². The molecule has 2 N–H and O–H groups in total. The van der Waals surface area contributed by atoms with Gasteiger partial charge in [0.15, 0.2) is 0 Å². The number of rotatable bonds is 6. The molecular formula is C12H15NO3. The van der Waals surface area contributed by atoms with Crippen LogP contribution < -0.4 is 5.73 Å². The van der Waals surface area contributed by atoms with Crippen LogP contribution in [0.2, 0.25) is 0 Å². The Morgan fingerprint density at radius 3 is 2.81 bits per heavy atom. The molecule has 16 heavy (non-hydrogen) atoms. The predicted octanol–water partition coefficient (Wildman–Crippen LogP) is 1.63. The molecular weight excluding hydrogens is 206 g/mol. The van der Waals surface area contributed by atoms with Crippen molar-refractivity contribution in [2.45, 2.75) is 0 Å². The van der Waals surface area contributed by atoms with Crippen molar-refractivity contribution in [2.24, 2.45) is 0 Å². The van der Waals surface area contributed by atoms with Crippen LogP contribution in [0.15, 0.2) is 36.9 Å². The van der Waals surface area contributed by atoms with E-state index in [1.165, 1.54) is 0 Å². The average molecular weight is 221 g/mol. The highest BCUT2D eigenvalue weighted by Crippen LogP contribution is 2.11. The van der Waals surface area contributed by atoms with E-state index in [0.29, 0.717) is 24.5 Å². The largest absolute Gasteiger partial charge is 0.460 e. The maximum absolute atomic E-state index is 11.5. The fourth-order valence-electron chi connectivity index (χ4n) is 1.12. The molecule has 0 aliphatic rings. The van der Waals surface area contributed by atoms with E-state index >= 15 is 0 Å². The topological polar surface area (TPSA) is 61.5 Å². The third-order valence-electron chi connectivity index (χ3n) is 1.88. The molecule has 0 fully saturated rings. The summed E-state index contributed by atoms with van der Waals surface area (Å²) in [6, 6.07) is 6.79. The molecule has 0 atom stereocenters. The van der Waals surface area contributed by atoms with E-state index in [0.717, 1.165) is 0 Å². The number of carbonyl (C=O) groups is 1. The molecule has 0 aliphatic carbocycles. The molecule has 1 aromatic rings. The number of ether oxygens (including phenoxy) is 2. The van der Waals surface area contributed by atoms with Crippen molar-refractivity contribution in [3.05, 3.63) is 42.5 Å². The molecule has 0 saturated heterocycles. The van der Waals surface area contributed by atoms with Crippen LogP contribution in [0.4, 0.5) is 5.69 Å². The van der Waals surface area contributed by atoms with E-state index in [1.54, 1.807) is 30.3 Å². The maximum Gasteiger partial charge on any atom is 0.340 e. The summed E-state index contributed by atoms with van der Waals surface area (Å²) in [5, 5.41) is 0. The van der Waals surface area contributed by atoms with Crippen molar-refractivity contribution in [1.29, 1.82) is 0 Å². The molecule has 0 heterocycles. The van der Waals surface area contributed by atoms with Gasteiger partial charge in [0.1, 0.15) is 6.61 Å². The number of nitrogens with two attached hydrogens (primary N) is 1. The summed E-state index contributed by atoms with van der Waals surface area (Å²) in [6.45, 7) is 4.51. The quantitative estimate of drug-likeness (QED) is 0.343. The van der Waals surface area contributed by atoms with Crippen molar-refractivity contribution in [3.8, 4) is 0 Å². The van der Waals surface area contributed by atoms with Crippen LogP contribution in [0.3, 0.4) is 0 Å². The third kappa shape index (κ3) is 3.74. The highest BCUT2D eigenvalue weighted by Gasteiger charge is 2.09. The molecule has 4 nitrogen and oxygen atoms in total. The SMILES string of the molecule is C=CCOCCOC(=O)c1ccccc1N. The number of hydrogen-bond donors (Lipinski definition) is 1. The molecule has 0 unspecified atom stereocenters. The third-order valence-corrected chi connectivity index (χ3v) is 1.88. The predicted molar refractivity (Wildman–Crippen MR) is 62.2 cm³/mol. The lowest BCUT2D eigenvalue weighted by Gasteiger charge is -2.06. The van der Waals surface area contributed by atoms with Crippen LogP contribution in [-0.2, 0) is 9.47 Å². The summed E-state index contributed by atoms with van der Waals surface area (Å²) in [6.07, 6.45) is 1.64. The zero-order valence-electron chi connectivity index (χ0n) is 9.02. The molecule has 0 amide bonds. The van der Waals surface area contributed by atoms with Gasteiger partial charge in [0.05, 0.1) is 18.8 Å². The van der Waals surface area contributed by atoms with E-state index in [2.05, 4.69) is 6.58 Å². The van der Waals surface area contributed by atoms with Crippen LogP contribution in [0.5, 0.6) is 0 Å². The summed E-state index contributed by atoms with van der Waals surface area (Å²) >= 11 is 0. The van der Waals surface area contributed by atoms with Crippen LogP contribution in [0, 0.1) is 0 Å². The average Bonchev–Trinajstić information content (AvgIpc) is 2.29. The summed E-state index contributed by atoms with van der Waals surface area (Å²) in [7, 11) is 0. The maximum atomic E-state index is 11.5. The van der Waals surface area contributed by atoms with Gasteiger partial charge in [-0.25, -0.2) is 4.79 Å². The highest BCUT2D eigenvalue weighted by atomic mass is 16.6. The minimum absolute atomic E-state index is 0.209. The van der Waals surface area contributed by atoms with E-state index < -0.39 is 5.97 Å². The van der Waals surface area contributed by atoms with Gasteiger partial charge in [-0.3, -0.25) is 0 Å². The Bertz CT molecular complexity index is 363. The summed E-state index contributed by atoms with van der Waals surface area (Å²) < 4.78 is 10.1. The van der Waals surface area contributed by atoms with Crippen molar-refractivity contribution in [1.82, 2.24) is 0 Å². The van der Waals surface area contributed by atoms with Gasteiger partial charge in [0, 0.05) is 5.69 Å². The number of para-hydroxylation sites is 1. The highest BCUT2D eigenvalue weighted by molar-refractivity contribution is 5.94. The van der Waals surface area contributed by atoms with Gasteiger partial charge in [0.2, 0.25) is 0 Å². The summed E-state index contributed by atoms with van der Waals surface area (Å²) in [5.41, 5.74) is 6.43. The number of nitrogen functional groups attached to an aromatic ring is 1. The zero-order chi connectivity index (χ0) is 11.8. The van der Waals surface area contributed by atoms with E-state index in [4.69, 9.17) is 15.2 Å². The first kappa shape index (κ1) is 12.3. The van der Waals surface area contributed by atoms with Gasteiger partial charge in [-0.15, -0.1) is 6.58 Å². The Balaban J connectivity index is 2.36. The van der Waals surface area contributed by atoms with Crippen molar-refractivity contribution in [2.75, 3.05) is 25.6 Å². The minimum Gasteiger partial charge on any atom is -0.460 e. The minimum atomic E-state index is -0.430. The molecule has 1 rings (SSSR count). The number of benzene rings is 1.